The summed E-state index contributed by atoms with van der Waals surface area (Å²) in [5.74, 6) is 1.14. The Morgan fingerprint density at radius 2 is 2.18 bits per heavy atom. The predicted molar refractivity (Wildman–Crippen MR) is 46.8 cm³/mol. The molecule has 0 bridgehead atoms. The Labute approximate surface area is 67.8 Å². The van der Waals surface area contributed by atoms with Crippen LogP contribution in [0.4, 0.5) is 0 Å². The van der Waals surface area contributed by atoms with Gasteiger partial charge in [-0.15, -0.1) is 10.5 Å². The van der Waals surface area contributed by atoms with Gasteiger partial charge in [0.25, 0.3) is 0 Å². The number of nitrogens with zero attached hydrogens (tertiary/aromatic N) is 2. The Kier molecular flexibility index (Phi) is 1.96. The summed E-state index contributed by atoms with van der Waals surface area (Å²) >= 11 is 0. The molecule has 0 radical (unpaired) electrons. The van der Waals surface area contributed by atoms with Crippen LogP contribution in [0, 0.1) is 0 Å². The third-order valence-electron chi connectivity index (χ3n) is 1.47. The van der Waals surface area contributed by atoms with Crippen molar-refractivity contribution in [2.75, 3.05) is 12.3 Å². The van der Waals surface area contributed by atoms with Gasteiger partial charge < -0.3 is 0 Å². The van der Waals surface area contributed by atoms with Crippen molar-refractivity contribution in [1.29, 1.82) is 0 Å². The van der Waals surface area contributed by atoms with E-state index in [0.717, 1.165) is 17.5 Å². The summed E-state index contributed by atoms with van der Waals surface area (Å²) in [6, 6.07) is 1.84. The van der Waals surface area contributed by atoms with Crippen LogP contribution in [0.2, 0.25) is 0 Å². The minimum Gasteiger partial charge on any atom is -0.289 e. The lowest BCUT2D eigenvalue weighted by atomic mass is 10.7. The molecule has 1 aliphatic heterocycles. The van der Waals surface area contributed by atoms with E-state index >= 15 is 0 Å². The van der Waals surface area contributed by atoms with Gasteiger partial charge >= 0.3 is 0 Å². The second kappa shape index (κ2) is 3.11. The lowest BCUT2D eigenvalue weighted by Crippen LogP contribution is -2.04. The highest BCUT2D eigenvalue weighted by Crippen LogP contribution is 2.21. The van der Waals surface area contributed by atoms with Gasteiger partial charge in [-0.25, -0.2) is 9.97 Å². The maximum atomic E-state index is 4.19. The normalized spacial score (nSPS) is 23.1. The molecule has 1 aromatic rings. The molecule has 1 N–H and O–H groups in total. The summed E-state index contributed by atoms with van der Waals surface area (Å²) in [5, 5.41) is 4.13. The minimum atomic E-state index is 0.151. The van der Waals surface area contributed by atoms with E-state index in [1.54, 1.807) is 12.4 Å². The molecule has 0 saturated heterocycles. The monoisotopic (exact) mass is 167 g/mol. The molecule has 4 heteroatoms. The second-order valence-electron chi connectivity index (χ2n) is 2.24. The zero-order valence-corrected chi connectivity index (χ0v) is 6.84. The summed E-state index contributed by atoms with van der Waals surface area (Å²) in [6.45, 7) is 1.06. The van der Waals surface area contributed by atoms with Crippen LogP contribution in [-0.4, -0.2) is 27.8 Å². The molecule has 1 atom stereocenters. The Morgan fingerprint density at radius 1 is 1.36 bits per heavy atom. The maximum absolute atomic E-state index is 4.19. The molecular weight excluding hydrogens is 158 g/mol. The third-order valence-corrected chi connectivity index (χ3v) is 3.24. The molecule has 1 aromatic heterocycles. The fourth-order valence-corrected chi connectivity index (χ4v) is 2.41. The molecule has 58 valence electrons. The van der Waals surface area contributed by atoms with Gasteiger partial charge in [-0.05, 0) is 6.07 Å². The van der Waals surface area contributed by atoms with Gasteiger partial charge in [0.2, 0.25) is 0 Å². The summed E-state index contributed by atoms with van der Waals surface area (Å²) in [7, 11) is 0.151. The van der Waals surface area contributed by atoms with Crippen molar-refractivity contribution in [3.05, 3.63) is 18.5 Å². The molecule has 3 nitrogen and oxygen atoms in total. The molecule has 0 fully saturated rings. The Balaban J connectivity index is 2.29. The van der Waals surface area contributed by atoms with Crippen molar-refractivity contribution in [3.63, 3.8) is 0 Å². The summed E-state index contributed by atoms with van der Waals surface area (Å²) in [5.41, 5.74) is 2.09. The van der Waals surface area contributed by atoms with Crippen LogP contribution in [0.1, 0.15) is 0 Å². The van der Waals surface area contributed by atoms with Gasteiger partial charge in [-0.1, -0.05) is 0 Å². The van der Waals surface area contributed by atoms with Crippen molar-refractivity contribution >= 4 is 16.0 Å². The highest BCUT2D eigenvalue weighted by atomic mass is 32.2. The quantitative estimate of drug-likeness (QED) is 0.488. The van der Waals surface area contributed by atoms with Crippen molar-refractivity contribution in [3.8, 4) is 0 Å². The fourth-order valence-electron chi connectivity index (χ4n) is 0.952. The maximum Gasteiger partial charge on any atom is 0.182 e. The number of aromatic nitrogens is 2. The van der Waals surface area contributed by atoms with Gasteiger partial charge in [0.1, 0.15) is 0 Å². The molecule has 2 heterocycles. The van der Waals surface area contributed by atoms with Crippen LogP contribution in [0.25, 0.3) is 0 Å². The lowest BCUT2D eigenvalue weighted by molar-refractivity contribution is 0.962. The smallest absolute Gasteiger partial charge is 0.182 e. The van der Waals surface area contributed by atoms with Crippen LogP contribution < -0.4 is 5.32 Å². The first-order valence-electron chi connectivity index (χ1n) is 3.50. The van der Waals surface area contributed by atoms with E-state index in [2.05, 4.69) is 20.8 Å². The third kappa shape index (κ3) is 1.46. The number of hydrogen-bond donors (Lipinski definition) is 1. The van der Waals surface area contributed by atoms with Gasteiger partial charge in [0, 0.05) is 30.2 Å². The standard InChI is InChI=1S/C7H9N3S/c1-2-9-7(10-3-1)11-5-4-8-6-11/h1-3,6,8H,4-5H2. The molecule has 1 aliphatic rings. The zero-order valence-electron chi connectivity index (χ0n) is 6.03. The van der Waals surface area contributed by atoms with E-state index in [4.69, 9.17) is 0 Å². The van der Waals surface area contributed by atoms with E-state index in [0.29, 0.717) is 0 Å². The largest absolute Gasteiger partial charge is 0.289 e. The number of rotatable bonds is 1. The number of nitrogens with one attached hydrogen (secondary N) is 1. The Hall–Kier alpha value is -0.740. The predicted octanol–water partition coefficient (Wildman–Crippen LogP) is 0.467. The van der Waals surface area contributed by atoms with Gasteiger partial charge in [0.05, 0.1) is 0 Å². The average Bonchev–Trinajstić information content (AvgIpc) is 2.58. The molecule has 1 unspecified atom stereocenters. The first-order valence-corrected chi connectivity index (χ1v) is 4.96. The highest BCUT2D eigenvalue weighted by molar-refractivity contribution is 8.15. The van der Waals surface area contributed by atoms with Crippen molar-refractivity contribution < 1.29 is 0 Å². The topological polar surface area (TPSA) is 37.8 Å². The van der Waals surface area contributed by atoms with Crippen molar-refractivity contribution in [2.24, 2.45) is 0 Å². The first-order chi connectivity index (χ1) is 5.47. The molecule has 0 aromatic carbocycles. The molecule has 0 spiro atoms. The summed E-state index contributed by atoms with van der Waals surface area (Å²) in [4.78, 5) is 8.38. The molecule has 2 rings (SSSR count). The first kappa shape index (κ1) is 6.94. The van der Waals surface area contributed by atoms with Crippen LogP contribution >= 0.6 is 10.5 Å². The van der Waals surface area contributed by atoms with E-state index in [9.17, 15) is 0 Å². The minimum absolute atomic E-state index is 0.151. The average molecular weight is 167 g/mol. The van der Waals surface area contributed by atoms with Gasteiger partial charge in [-0.3, -0.25) is 5.32 Å². The molecular formula is C7H9N3S. The summed E-state index contributed by atoms with van der Waals surface area (Å²) < 4.78 is 0. The lowest BCUT2D eigenvalue weighted by Gasteiger charge is -1.97. The van der Waals surface area contributed by atoms with Crippen LogP contribution in [-0.2, 0) is 0 Å². The fraction of sp³-hybridized carbons (Fsp3) is 0.286. The molecule has 0 amide bonds. The second-order valence-corrected chi connectivity index (χ2v) is 4.10. The highest BCUT2D eigenvalue weighted by Gasteiger charge is 2.05. The van der Waals surface area contributed by atoms with Crippen LogP contribution in [0.5, 0.6) is 0 Å². The SMILES string of the molecule is C1=S(c2ncccn2)CCN1. The van der Waals surface area contributed by atoms with Crippen molar-refractivity contribution in [2.45, 2.75) is 5.16 Å². The van der Waals surface area contributed by atoms with Gasteiger partial charge in [-0.2, -0.15) is 0 Å². The van der Waals surface area contributed by atoms with Gasteiger partial charge in [0.15, 0.2) is 5.16 Å². The summed E-state index contributed by atoms with van der Waals surface area (Å²) in [6.07, 6.45) is 3.59. The molecule has 11 heavy (non-hydrogen) atoms. The molecule has 0 saturated carbocycles. The Bertz CT molecular complexity index is 270. The van der Waals surface area contributed by atoms with Crippen LogP contribution in [0.3, 0.4) is 0 Å². The zero-order chi connectivity index (χ0) is 7.52. The Morgan fingerprint density at radius 3 is 2.82 bits per heavy atom. The van der Waals surface area contributed by atoms with Crippen molar-refractivity contribution in [1.82, 2.24) is 15.3 Å². The van der Waals surface area contributed by atoms with Crippen LogP contribution in [0.15, 0.2) is 23.6 Å². The van der Waals surface area contributed by atoms with E-state index in [-0.39, 0.29) is 10.5 Å². The van der Waals surface area contributed by atoms with E-state index < -0.39 is 0 Å². The van der Waals surface area contributed by atoms with E-state index in [1.807, 2.05) is 6.07 Å². The van der Waals surface area contributed by atoms with E-state index in [1.165, 1.54) is 0 Å². The number of hydrogen-bond acceptors (Lipinski definition) is 3. The molecule has 0 aliphatic carbocycles.